The van der Waals surface area contributed by atoms with E-state index >= 15 is 0 Å². The molecule has 1 fully saturated rings. The second kappa shape index (κ2) is 7.53. The molecule has 1 heterocycles. The number of carbonyl (C=O) groups is 3. The summed E-state index contributed by atoms with van der Waals surface area (Å²) in [6.45, 7) is 0.674. The van der Waals surface area contributed by atoms with Gasteiger partial charge in [-0.25, -0.2) is 4.39 Å². The van der Waals surface area contributed by atoms with E-state index < -0.39 is 17.6 Å². The van der Waals surface area contributed by atoms with Gasteiger partial charge in [0.05, 0.1) is 5.02 Å². The average molecular weight is 376 g/mol. The predicted molar refractivity (Wildman–Crippen MR) is 96.7 cm³/mol. The van der Waals surface area contributed by atoms with Gasteiger partial charge in [0.2, 0.25) is 5.91 Å². The number of hydrogen-bond acceptors (Lipinski definition) is 3. The summed E-state index contributed by atoms with van der Waals surface area (Å²) in [4.78, 5) is 37.3. The lowest BCUT2D eigenvalue weighted by molar-refractivity contribution is -0.132. The molecular formula is C18H15ClFN3O3. The summed E-state index contributed by atoms with van der Waals surface area (Å²) in [7, 11) is 0. The van der Waals surface area contributed by atoms with Crippen molar-refractivity contribution in [3.8, 4) is 0 Å². The Kier molecular flexibility index (Phi) is 5.18. The summed E-state index contributed by atoms with van der Waals surface area (Å²) in [6.07, 6.45) is 1.36. The molecule has 2 aromatic rings. The van der Waals surface area contributed by atoms with Crippen LogP contribution in [-0.4, -0.2) is 24.3 Å². The van der Waals surface area contributed by atoms with Gasteiger partial charge in [0.1, 0.15) is 5.82 Å². The highest BCUT2D eigenvalue weighted by molar-refractivity contribution is 6.43. The predicted octanol–water partition coefficient (Wildman–Crippen LogP) is 3.18. The number of anilines is 3. The lowest BCUT2D eigenvalue weighted by Gasteiger charge is -2.16. The lowest BCUT2D eigenvalue weighted by Crippen LogP contribution is -2.29. The standard InChI is InChI=1S/C18H15ClFN3O3/c19-14-10-12(5-8-15(14)20)22-18(26)17(25)21-11-3-6-13(7-4-11)23-9-1-2-16(23)24/h3-8,10H,1-2,9H2,(H,21,25)(H,22,26). The highest BCUT2D eigenvalue weighted by Gasteiger charge is 2.21. The summed E-state index contributed by atoms with van der Waals surface area (Å²) in [6, 6.07) is 10.2. The third-order valence-electron chi connectivity index (χ3n) is 3.89. The quantitative estimate of drug-likeness (QED) is 0.809. The number of halogens is 2. The van der Waals surface area contributed by atoms with Crippen LogP contribution in [0.1, 0.15) is 12.8 Å². The second-order valence-electron chi connectivity index (χ2n) is 5.73. The van der Waals surface area contributed by atoms with Crippen LogP contribution in [0.4, 0.5) is 21.5 Å². The molecular weight excluding hydrogens is 361 g/mol. The zero-order valence-electron chi connectivity index (χ0n) is 13.6. The highest BCUT2D eigenvalue weighted by atomic mass is 35.5. The first-order valence-electron chi connectivity index (χ1n) is 7.92. The highest BCUT2D eigenvalue weighted by Crippen LogP contribution is 2.23. The number of benzene rings is 2. The van der Waals surface area contributed by atoms with Crippen molar-refractivity contribution >= 4 is 46.4 Å². The van der Waals surface area contributed by atoms with Gasteiger partial charge in [0.15, 0.2) is 0 Å². The van der Waals surface area contributed by atoms with Crippen molar-refractivity contribution in [1.29, 1.82) is 0 Å². The molecule has 2 N–H and O–H groups in total. The number of rotatable bonds is 3. The van der Waals surface area contributed by atoms with Crippen LogP contribution in [0.2, 0.25) is 5.02 Å². The zero-order valence-corrected chi connectivity index (χ0v) is 14.3. The maximum atomic E-state index is 13.1. The molecule has 1 saturated heterocycles. The Bertz CT molecular complexity index is 870. The maximum absolute atomic E-state index is 13.1. The van der Waals surface area contributed by atoms with E-state index in [1.54, 1.807) is 29.2 Å². The van der Waals surface area contributed by atoms with E-state index in [2.05, 4.69) is 10.6 Å². The van der Waals surface area contributed by atoms with E-state index in [4.69, 9.17) is 11.6 Å². The molecule has 8 heteroatoms. The van der Waals surface area contributed by atoms with Crippen LogP contribution in [0.25, 0.3) is 0 Å². The van der Waals surface area contributed by atoms with Crippen molar-refractivity contribution in [2.75, 3.05) is 22.1 Å². The smallest absolute Gasteiger partial charge is 0.314 e. The third kappa shape index (κ3) is 4.00. The Labute approximate surface area is 153 Å². The van der Waals surface area contributed by atoms with Crippen LogP contribution in [0.5, 0.6) is 0 Å². The Morgan fingerprint density at radius 1 is 1.00 bits per heavy atom. The van der Waals surface area contributed by atoms with Gasteiger partial charge >= 0.3 is 11.8 Å². The topological polar surface area (TPSA) is 78.5 Å². The van der Waals surface area contributed by atoms with E-state index in [9.17, 15) is 18.8 Å². The fraction of sp³-hybridized carbons (Fsp3) is 0.167. The van der Waals surface area contributed by atoms with Gasteiger partial charge in [0, 0.05) is 30.0 Å². The fourth-order valence-electron chi connectivity index (χ4n) is 2.60. The summed E-state index contributed by atoms with van der Waals surface area (Å²) in [5.74, 6) is -2.34. The van der Waals surface area contributed by atoms with E-state index in [0.717, 1.165) is 18.2 Å². The SMILES string of the molecule is O=C(Nc1ccc(N2CCCC2=O)cc1)C(=O)Nc1ccc(F)c(Cl)c1. The molecule has 0 radical (unpaired) electrons. The molecule has 3 amide bonds. The van der Waals surface area contributed by atoms with Crippen LogP contribution in [0, 0.1) is 5.82 Å². The third-order valence-corrected chi connectivity index (χ3v) is 4.18. The molecule has 0 aromatic heterocycles. The van der Waals surface area contributed by atoms with Crippen molar-refractivity contribution in [2.24, 2.45) is 0 Å². The van der Waals surface area contributed by atoms with Crippen LogP contribution >= 0.6 is 11.6 Å². The molecule has 1 aliphatic rings. The molecule has 0 saturated carbocycles. The van der Waals surface area contributed by atoms with Gasteiger partial charge in [-0.2, -0.15) is 0 Å². The Morgan fingerprint density at radius 3 is 2.19 bits per heavy atom. The summed E-state index contributed by atoms with van der Waals surface area (Å²) >= 11 is 5.63. The number of hydrogen-bond donors (Lipinski definition) is 2. The van der Waals surface area contributed by atoms with Crippen LogP contribution < -0.4 is 15.5 Å². The number of nitrogens with one attached hydrogen (secondary N) is 2. The van der Waals surface area contributed by atoms with E-state index in [0.29, 0.717) is 18.7 Å². The lowest BCUT2D eigenvalue weighted by atomic mass is 10.2. The molecule has 3 rings (SSSR count). The first kappa shape index (κ1) is 17.9. The molecule has 0 atom stereocenters. The molecule has 0 bridgehead atoms. The van der Waals surface area contributed by atoms with Gasteiger partial charge < -0.3 is 15.5 Å². The van der Waals surface area contributed by atoms with Crippen LogP contribution in [0.15, 0.2) is 42.5 Å². The fourth-order valence-corrected chi connectivity index (χ4v) is 2.78. The van der Waals surface area contributed by atoms with Gasteiger partial charge in [-0.3, -0.25) is 14.4 Å². The molecule has 2 aromatic carbocycles. The van der Waals surface area contributed by atoms with E-state index in [1.807, 2.05) is 0 Å². The van der Waals surface area contributed by atoms with Crippen LogP contribution in [-0.2, 0) is 14.4 Å². The second-order valence-corrected chi connectivity index (χ2v) is 6.14. The Hall–Kier alpha value is -2.93. The average Bonchev–Trinajstić information content (AvgIpc) is 3.05. The largest absolute Gasteiger partial charge is 0.318 e. The van der Waals surface area contributed by atoms with Crippen molar-refractivity contribution < 1.29 is 18.8 Å². The summed E-state index contributed by atoms with van der Waals surface area (Å²) in [5.41, 5.74) is 1.37. The minimum absolute atomic E-state index is 0.0686. The Morgan fingerprint density at radius 2 is 1.62 bits per heavy atom. The van der Waals surface area contributed by atoms with Crippen molar-refractivity contribution in [3.05, 3.63) is 53.3 Å². The van der Waals surface area contributed by atoms with Crippen molar-refractivity contribution in [3.63, 3.8) is 0 Å². The summed E-state index contributed by atoms with van der Waals surface area (Å²) in [5, 5.41) is 4.64. The monoisotopic (exact) mass is 375 g/mol. The zero-order chi connectivity index (χ0) is 18.7. The maximum Gasteiger partial charge on any atom is 0.314 e. The summed E-state index contributed by atoms with van der Waals surface area (Å²) < 4.78 is 13.1. The molecule has 134 valence electrons. The van der Waals surface area contributed by atoms with Gasteiger partial charge in [-0.05, 0) is 48.9 Å². The van der Waals surface area contributed by atoms with Crippen molar-refractivity contribution in [2.45, 2.75) is 12.8 Å². The molecule has 0 spiro atoms. The van der Waals surface area contributed by atoms with Crippen LogP contribution in [0.3, 0.4) is 0 Å². The minimum Gasteiger partial charge on any atom is -0.318 e. The first-order chi connectivity index (χ1) is 12.4. The van der Waals surface area contributed by atoms with E-state index in [-0.39, 0.29) is 16.6 Å². The molecule has 6 nitrogen and oxygen atoms in total. The van der Waals surface area contributed by atoms with Gasteiger partial charge in [-0.1, -0.05) is 11.6 Å². The van der Waals surface area contributed by atoms with E-state index in [1.165, 1.54) is 12.1 Å². The molecule has 1 aliphatic heterocycles. The molecule has 26 heavy (non-hydrogen) atoms. The minimum atomic E-state index is -0.911. The number of nitrogens with zero attached hydrogens (tertiary/aromatic N) is 1. The normalized spacial score (nSPS) is 13.6. The first-order valence-corrected chi connectivity index (χ1v) is 8.29. The number of carbonyl (C=O) groups excluding carboxylic acids is 3. The number of amides is 3. The van der Waals surface area contributed by atoms with Crippen molar-refractivity contribution in [1.82, 2.24) is 0 Å². The Balaban J connectivity index is 1.61. The van der Waals surface area contributed by atoms with Gasteiger partial charge in [0.25, 0.3) is 0 Å². The molecule has 0 aliphatic carbocycles. The van der Waals surface area contributed by atoms with Gasteiger partial charge in [-0.15, -0.1) is 0 Å². The molecule has 0 unspecified atom stereocenters.